The molecule has 4 aromatic rings. The first kappa shape index (κ1) is 17.9. The minimum Gasteiger partial charge on any atom is -0.253 e. The van der Waals surface area contributed by atoms with Crippen molar-refractivity contribution >= 4 is 28.8 Å². The predicted octanol–water partition coefficient (Wildman–Crippen LogP) is 6.59. The van der Waals surface area contributed by atoms with E-state index in [1.54, 1.807) is 17.6 Å². The predicted molar refractivity (Wildman–Crippen MR) is 121 cm³/mol. The van der Waals surface area contributed by atoms with Crippen molar-refractivity contribution in [2.24, 2.45) is 5.10 Å². The van der Waals surface area contributed by atoms with Gasteiger partial charge in [0.2, 0.25) is 5.13 Å². The lowest BCUT2D eigenvalue weighted by atomic mass is 10.1. The minimum absolute atomic E-state index is 0.766. The summed E-state index contributed by atoms with van der Waals surface area (Å²) in [5, 5.41) is 5.05. The fraction of sp³-hybridized carbons (Fsp3) is 0. The molecule has 0 spiro atoms. The lowest BCUT2D eigenvalue weighted by Crippen LogP contribution is -1.87. The Bertz CT molecular complexity index is 1010. The van der Waals surface area contributed by atoms with Crippen molar-refractivity contribution in [1.29, 1.82) is 0 Å². The van der Waals surface area contributed by atoms with Gasteiger partial charge in [-0.05, 0) is 17.2 Å². The van der Waals surface area contributed by atoms with Gasteiger partial charge >= 0.3 is 0 Å². The lowest BCUT2D eigenvalue weighted by Gasteiger charge is -2.02. The van der Waals surface area contributed by atoms with E-state index >= 15 is 0 Å². The third-order valence-corrected chi connectivity index (χ3v) is 5.13. The Kier molecular flexibility index (Phi) is 5.71. The second kappa shape index (κ2) is 8.93. The highest BCUT2D eigenvalue weighted by molar-refractivity contribution is 7.19. The molecule has 136 valence electrons. The van der Waals surface area contributed by atoms with Crippen molar-refractivity contribution in [2.75, 3.05) is 5.43 Å². The maximum Gasteiger partial charge on any atom is 0.204 e. The molecule has 0 aliphatic rings. The third-order valence-electron chi connectivity index (χ3n) is 4.12. The van der Waals surface area contributed by atoms with E-state index < -0.39 is 0 Å². The van der Waals surface area contributed by atoms with Crippen LogP contribution < -0.4 is 5.43 Å². The van der Waals surface area contributed by atoms with Gasteiger partial charge in [0.1, 0.15) is 0 Å². The molecule has 0 amide bonds. The van der Waals surface area contributed by atoms with Gasteiger partial charge in [0.25, 0.3) is 0 Å². The monoisotopic (exact) mass is 381 g/mol. The van der Waals surface area contributed by atoms with E-state index in [0.717, 1.165) is 32.4 Å². The number of anilines is 1. The van der Waals surface area contributed by atoms with Gasteiger partial charge in [-0.1, -0.05) is 108 Å². The first-order chi connectivity index (χ1) is 13.9. The number of nitrogens with one attached hydrogen (secondary N) is 1. The molecular weight excluding hydrogens is 362 g/mol. The summed E-state index contributed by atoms with van der Waals surface area (Å²) in [5.41, 5.74) is 7.41. The molecule has 4 rings (SSSR count). The number of hydrazone groups is 1. The molecule has 0 radical (unpaired) electrons. The van der Waals surface area contributed by atoms with Crippen LogP contribution in [0, 0.1) is 0 Å². The summed E-state index contributed by atoms with van der Waals surface area (Å²) in [6.07, 6.45) is 5.66. The zero-order valence-corrected chi connectivity index (χ0v) is 16.0. The van der Waals surface area contributed by atoms with Gasteiger partial charge in [-0.25, -0.2) is 4.98 Å². The molecule has 3 aromatic carbocycles. The number of rotatable bonds is 6. The number of benzene rings is 3. The van der Waals surface area contributed by atoms with Gasteiger partial charge in [-0.2, -0.15) is 5.10 Å². The summed E-state index contributed by atoms with van der Waals surface area (Å²) in [7, 11) is 0. The molecule has 0 aliphatic carbocycles. The maximum atomic E-state index is 4.78. The normalized spacial score (nSPS) is 11.3. The average Bonchev–Trinajstić information content (AvgIpc) is 3.20. The van der Waals surface area contributed by atoms with Crippen LogP contribution in [0.15, 0.2) is 102 Å². The highest BCUT2D eigenvalue weighted by Crippen LogP contribution is 2.38. The summed E-state index contributed by atoms with van der Waals surface area (Å²) in [6, 6.07) is 30.7. The van der Waals surface area contributed by atoms with Crippen LogP contribution in [0.5, 0.6) is 0 Å². The van der Waals surface area contributed by atoms with E-state index in [4.69, 9.17) is 4.98 Å². The van der Waals surface area contributed by atoms with Gasteiger partial charge in [-0.3, -0.25) is 5.43 Å². The molecule has 0 bridgehead atoms. The largest absolute Gasteiger partial charge is 0.253 e. The smallest absolute Gasteiger partial charge is 0.204 e. The van der Waals surface area contributed by atoms with E-state index in [1.165, 1.54) is 0 Å². The van der Waals surface area contributed by atoms with E-state index in [1.807, 2.05) is 66.7 Å². The molecular formula is C24H19N3S. The highest BCUT2D eigenvalue weighted by Gasteiger charge is 2.14. The van der Waals surface area contributed by atoms with Crippen LogP contribution in [0.1, 0.15) is 5.56 Å². The Balaban J connectivity index is 1.56. The summed E-state index contributed by atoms with van der Waals surface area (Å²) < 4.78 is 0. The molecule has 0 fully saturated rings. The average molecular weight is 382 g/mol. The van der Waals surface area contributed by atoms with Crippen molar-refractivity contribution in [3.8, 4) is 21.7 Å². The minimum atomic E-state index is 0.766. The zero-order valence-electron chi connectivity index (χ0n) is 15.2. The number of hydrogen-bond donors (Lipinski definition) is 1. The summed E-state index contributed by atoms with van der Waals surface area (Å²) in [5.74, 6) is 0. The second-order valence-electron chi connectivity index (χ2n) is 6.09. The maximum absolute atomic E-state index is 4.78. The van der Waals surface area contributed by atoms with Crippen molar-refractivity contribution in [2.45, 2.75) is 0 Å². The Labute approximate surface area is 168 Å². The van der Waals surface area contributed by atoms with E-state index in [-0.39, 0.29) is 0 Å². The van der Waals surface area contributed by atoms with E-state index in [2.05, 4.69) is 46.9 Å². The molecule has 3 nitrogen and oxygen atoms in total. The Morgan fingerprint density at radius 2 is 1.36 bits per heavy atom. The standard InChI is InChI=1S/C24H19N3S/c1-4-11-19(12-5-1)13-10-18-25-27-24-26-22(20-14-6-2-7-15-20)23(28-24)21-16-8-3-9-17-21/h1-18H,(H,26,27)/b13-10+,25-18-. The molecule has 1 N–H and O–H groups in total. The van der Waals surface area contributed by atoms with Crippen molar-refractivity contribution in [3.05, 3.63) is 103 Å². The Hall–Kier alpha value is -3.50. The molecule has 0 saturated heterocycles. The van der Waals surface area contributed by atoms with Crippen LogP contribution in [0.3, 0.4) is 0 Å². The van der Waals surface area contributed by atoms with Crippen LogP contribution >= 0.6 is 11.3 Å². The summed E-state index contributed by atoms with van der Waals surface area (Å²) in [4.78, 5) is 5.91. The first-order valence-electron chi connectivity index (χ1n) is 9.02. The van der Waals surface area contributed by atoms with Gasteiger partial charge < -0.3 is 0 Å². The molecule has 1 aromatic heterocycles. The Morgan fingerprint density at radius 3 is 2.04 bits per heavy atom. The number of allylic oxidation sites excluding steroid dienone is 1. The Morgan fingerprint density at radius 1 is 0.750 bits per heavy atom. The second-order valence-corrected chi connectivity index (χ2v) is 7.09. The number of hydrogen-bond acceptors (Lipinski definition) is 4. The van der Waals surface area contributed by atoms with E-state index in [9.17, 15) is 0 Å². The van der Waals surface area contributed by atoms with Gasteiger partial charge in [-0.15, -0.1) is 0 Å². The van der Waals surface area contributed by atoms with Gasteiger partial charge in [0.05, 0.1) is 10.6 Å². The summed E-state index contributed by atoms with van der Waals surface area (Å²) >= 11 is 1.60. The third kappa shape index (κ3) is 4.42. The van der Waals surface area contributed by atoms with Gasteiger partial charge in [0.15, 0.2) is 0 Å². The van der Waals surface area contributed by atoms with Crippen LogP contribution in [0.25, 0.3) is 27.8 Å². The summed E-state index contributed by atoms with van der Waals surface area (Å²) in [6.45, 7) is 0. The van der Waals surface area contributed by atoms with Crippen LogP contribution in [-0.2, 0) is 0 Å². The SMILES string of the molecule is C(/C=C/c1ccccc1)=N/Nc1nc(-c2ccccc2)c(-c2ccccc2)s1. The molecule has 0 aliphatic heterocycles. The highest BCUT2D eigenvalue weighted by atomic mass is 32.1. The molecule has 4 heteroatoms. The quantitative estimate of drug-likeness (QED) is 0.302. The van der Waals surface area contributed by atoms with Crippen molar-refractivity contribution in [1.82, 2.24) is 4.98 Å². The van der Waals surface area contributed by atoms with Crippen molar-refractivity contribution in [3.63, 3.8) is 0 Å². The fourth-order valence-corrected chi connectivity index (χ4v) is 3.74. The topological polar surface area (TPSA) is 37.3 Å². The number of nitrogens with zero attached hydrogens (tertiary/aromatic N) is 2. The number of thiazole rings is 1. The van der Waals surface area contributed by atoms with Crippen LogP contribution in [0.4, 0.5) is 5.13 Å². The van der Waals surface area contributed by atoms with Crippen LogP contribution in [-0.4, -0.2) is 11.2 Å². The number of aromatic nitrogens is 1. The molecule has 0 unspecified atom stereocenters. The van der Waals surface area contributed by atoms with Crippen molar-refractivity contribution < 1.29 is 0 Å². The molecule has 0 atom stereocenters. The molecule has 0 saturated carbocycles. The zero-order chi connectivity index (χ0) is 19.0. The molecule has 28 heavy (non-hydrogen) atoms. The van der Waals surface area contributed by atoms with Crippen LogP contribution in [0.2, 0.25) is 0 Å². The van der Waals surface area contributed by atoms with E-state index in [0.29, 0.717) is 0 Å². The fourth-order valence-electron chi connectivity index (χ4n) is 2.80. The molecule has 1 heterocycles. The van der Waals surface area contributed by atoms with Gasteiger partial charge in [0, 0.05) is 11.8 Å². The lowest BCUT2D eigenvalue weighted by molar-refractivity contribution is 1.29. The first-order valence-corrected chi connectivity index (χ1v) is 9.84.